The minimum Gasteiger partial charge on any atom is -0.493 e. The first-order chi connectivity index (χ1) is 13.6. The van der Waals surface area contributed by atoms with E-state index in [0.29, 0.717) is 16.5 Å². The molecule has 3 aromatic rings. The molecule has 0 amide bonds. The summed E-state index contributed by atoms with van der Waals surface area (Å²) in [4.78, 5) is 0. The second kappa shape index (κ2) is 8.03. The summed E-state index contributed by atoms with van der Waals surface area (Å²) in [5, 5.41) is 4.14. The fourth-order valence-electron chi connectivity index (χ4n) is 3.40. The maximum Gasteiger partial charge on any atom is 0.174 e. The van der Waals surface area contributed by atoms with Crippen LogP contribution >= 0.6 is 27.5 Å². The molecule has 1 aliphatic heterocycles. The third-order valence-electron chi connectivity index (χ3n) is 4.72. The van der Waals surface area contributed by atoms with E-state index in [4.69, 9.17) is 25.8 Å². The molecule has 0 bridgehead atoms. The highest BCUT2D eigenvalue weighted by Gasteiger charge is 2.30. The molecule has 4 rings (SSSR count). The van der Waals surface area contributed by atoms with Crippen LogP contribution in [0.1, 0.15) is 29.0 Å². The molecular weight excluding hydrogens is 442 g/mol. The third kappa shape index (κ3) is 3.58. The van der Waals surface area contributed by atoms with Crippen LogP contribution in [0, 0.1) is 0 Å². The van der Waals surface area contributed by atoms with Gasteiger partial charge in [0.05, 0.1) is 18.7 Å². The van der Waals surface area contributed by atoms with Crippen molar-refractivity contribution < 1.29 is 14.2 Å². The van der Waals surface area contributed by atoms with Gasteiger partial charge in [-0.2, -0.15) is 0 Å². The number of anilines is 1. The molecule has 0 spiro atoms. The first-order valence-corrected chi connectivity index (χ1v) is 9.95. The summed E-state index contributed by atoms with van der Waals surface area (Å²) in [5.41, 5.74) is 3.98. The first-order valence-electron chi connectivity index (χ1n) is 8.78. The summed E-state index contributed by atoms with van der Waals surface area (Å²) >= 11 is 9.82. The smallest absolute Gasteiger partial charge is 0.174 e. The Labute approximate surface area is 177 Å². The van der Waals surface area contributed by atoms with Gasteiger partial charge in [-0.25, -0.2) is 0 Å². The zero-order chi connectivity index (χ0) is 19.7. The monoisotopic (exact) mass is 459 g/mol. The highest BCUT2D eigenvalue weighted by atomic mass is 79.9. The Morgan fingerprint density at radius 2 is 1.75 bits per heavy atom. The van der Waals surface area contributed by atoms with Crippen LogP contribution in [-0.4, -0.2) is 14.2 Å². The van der Waals surface area contributed by atoms with E-state index in [-0.39, 0.29) is 12.3 Å². The molecule has 6 heteroatoms. The predicted molar refractivity (Wildman–Crippen MR) is 114 cm³/mol. The minimum atomic E-state index is -0.366. The van der Waals surface area contributed by atoms with Gasteiger partial charge >= 0.3 is 0 Å². The molecule has 4 nitrogen and oxygen atoms in total. The Kier molecular flexibility index (Phi) is 5.49. The van der Waals surface area contributed by atoms with E-state index in [9.17, 15) is 0 Å². The normalized spacial score (nSPS) is 18.1. The molecule has 1 aliphatic rings. The number of nitrogens with one attached hydrogen (secondary N) is 1. The van der Waals surface area contributed by atoms with Crippen LogP contribution in [0.25, 0.3) is 0 Å². The zero-order valence-corrected chi connectivity index (χ0v) is 17.8. The number of benzene rings is 3. The van der Waals surface area contributed by atoms with E-state index < -0.39 is 0 Å². The van der Waals surface area contributed by atoms with Crippen molar-refractivity contribution in [3.05, 3.63) is 86.8 Å². The summed E-state index contributed by atoms with van der Waals surface area (Å²) in [5.74, 6) is 1.28. The van der Waals surface area contributed by atoms with Crippen LogP contribution in [-0.2, 0) is 4.74 Å². The van der Waals surface area contributed by atoms with Crippen LogP contribution in [0.2, 0.25) is 5.02 Å². The molecule has 3 aromatic carbocycles. The molecule has 0 unspecified atom stereocenters. The van der Waals surface area contributed by atoms with Crippen LogP contribution in [0.15, 0.2) is 65.1 Å². The van der Waals surface area contributed by atoms with Gasteiger partial charge in [0.2, 0.25) is 0 Å². The second-order valence-electron chi connectivity index (χ2n) is 6.42. The number of hydrogen-bond donors (Lipinski definition) is 1. The van der Waals surface area contributed by atoms with Crippen molar-refractivity contribution in [2.45, 2.75) is 12.3 Å². The molecule has 0 saturated heterocycles. The number of rotatable bonds is 4. The van der Waals surface area contributed by atoms with E-state index in [1.807, 2.05) is 48.5 Å². The lowest BCUT2D eigenvalue weighted by Crippen LogP contribution is -2.25. The average molecular weight is 461 g/mol. The number of ether oxygens (including phenoxy) is 3. The molecule has 144 valence electrons. The van der Waals surface area contributed by atoms with Crippen LogP contribution in [0.5, 0.6) is 11.5 Å². The topological polar surface area (TPSA) is 39.7 Å². The number of halogens is 2. The Hall–Kier alpha value is -2.21. The average Bonchev–Trinajstić information content (AvgIpc) is 2.73. The zero-order valence-electron chi connectivity index (χ0n) is 15.4. The molecule has 2 atom stereocenters. The van der Waals surface area contributed by atoms with E-state index in [1.54, 1.807) is 14.2 Å². The van der Waals surface area contributed by atoms with Gasteiger partial charge in [0.1, 0.15) is 6.10 Å². The third-order valence-corrected chi connectivity index (χ3v) is 5.54. The second-order valence-corrected chi connectivity index (χ2v) is 7.71. The van der Waals surface area contributed by atoms with Crippen molar-refractivity contribution in [1.29, 1.82) is 0 Å². The number of methoxy groups -OCH3 is 2. The van der Waals surface area contributed by atoms with Crippen molar-refractivity contribution in [1.82, 2.24) is 0 Å². The van der Waals surface area contributed by atoms with Gasteiger partial charge in [-0.3, -0.25) is 0 Å². The largest absolute Gasteiger partial charge is 0.493 e. The minimum absolute atomic E-state index is 0.243. The van der Waals surface area contributed by atoms with Crippen LogP contribution < -0.4 is 14.8 Å². The van der Waals surface area contributed by atoms with Crippen molar-refractivity contribution >= 4 is 33.2 Å². The van der Waals surface area contributed by atoms with E-state index in [1.165, 1.54) is 0 Å². The summed E-state index contributed by atoms with van der Waals surface area (Å²) in [6, 6.07) is 19.8. The molecular formula is C22H19BrClNO3. The van der Waals surface area contributed by atoms with Crippen molar-refractivity contribution in [2.75, 3.05) is 19.5 Å². The van der Waals surface area contributed by atoms with E-state index in [0.717, 1.165) is 26.9 Å². The standard InChI is InChI=1S/C22H19BrClNO3/c1-26-19-11-14(10-17(23)21(19)27-2)22-25-18-9-8-15(24)12-16(18)20(28-22)13-6-4-3-5-7-13/h3-12,20,22,25H,1-2H3/t20-,22+/m1/s1. The maximum atomic E-state index is 6.48. The lowest BCUT2D eigenvalue weighted by Gasteiger charge is -2.34. The van der Waals surface area contributed by atoms with Crippen molar-refractivity contribution in [3.8, 4) is 11.5 Å². The molecule has 0 saturated carbocycles. The van der Waals surface area contributed by atoms with Crippen molar-refractivity contribution in [3.63, 3.8) is 0 Å². The fraction of sp³-hybridized carbons (Fsp3) is 0.182. The summed E-state index contributed by atoms with van der Waals surface area (Å²) in [6.45, 7) is 0. The first kappa shape index (κ1) is 19.1. The van der Waals surface area contributed by atoms with Gasteiger partial charge in [0.25, 0.3) is 0 Å². The SMILES string of the molecule is COc1cc([C@H]2Nc3ccc(Cl)cc3[C@@H](c3ccccc3)O2)cc(Br)c1OC. The van der Waals surface area contributed by atoms with Gasteiger partial charge in [-0.15, -0.1) is 0 Å². The number of hydrogen-bond acceptors (Lipinski definition) is 4. The molecule has 0 radical (unpaired) electrons. The Balaban J connectivity index is 1.79. The molecule has 0 aliphatic carbocycles. The molecule has 28 heavy (non-hydrogen) atoms. The molecule has 0 fully saturated rings. The summed E-state index contributed by atoms with van der Waals surface area (Å²) in [6.07, 6.45) is -0.608. The quantitative estimate of drug-likeness (QED) is 0.492. The summed E-state index contributed by atoms with van der Waals surface area (Å²) in [7, 11) is 3.23. The Morgan fingerprint density at radius 1 is 0.964 bits per heavy atom. The number of fused-ring (bicyclic) bond motifs is 1. The maximum absolute atomic E-state index is 6.48. The molecule has 0 aromatic heterocycles. The van der Waals surface area contributed by atoms with Gasteiger partial charge < -0.3 is 19.5 Å². The van der Waals surface area contributed by atoms with Gasteiger partial charge in [-0.1, -0.05) is 41.9 Å². The fourth-order valence-corrected chi connectivity index (χ4v) is 4.21. The Bertz CT molecular complexity index is 997. The predicted octanol–water partition coefficient (Wildman–Crippen LogP) is 6.35. The van der Waals surface area contributed by atoms with Crippen LogP contribution in [0.3, 0.4) is 0 Å². The van der Waals surface area contributed by atoms with Crippen LogP contribution in [0.4, 0.5) is 5.69 Å². The molecule has 1 heterocycles. The van der Waals surface area contributed by atoms with Crippen molar-refractivity contribution in [2.24, 2.45) is 0 Å². The highest BCUT2D eigenvalue weighted by Crippen LogP contribution is 2.45. The van der Waals surface area contributed by atoms with Gasteiger partial charge in [0.15, 0.2) is 17.7 Å². The van der Waals surface area contributed by atoms with E-state index >= 15 is 0 Å². The van der Waals surface area contributed by atoms with Gasteiger partial charge in [0, 0.05) is 21.8 Å². The summed E-state index contributed by atoms with van der Waals surface area (Å²) < 4.78 is 18.2. The van der Waals surface area contributed by atoms with Gasteiger partial charge in [-0.05, 0) is 51.8 Å². The molecule has 1 N–H and O–H groups in total. The van der Waals surface area contributed by atoms with E-state index in [2.05, 4.69) is 33.4 Å². The highest BCUT2D eigenvalue weighted by molar-refractivity contribution is 9.10. The Morgan fingerprint density at radius 3 is 2.46 bits per heavy atom. The lowest BCUT2D eigenvalue weighted by atomic mass is 9.97. The lowest BCUT2D eigenvalue weighted by molar-refractivity contribution is 0.0156.